The first-order chi connectivity index (χ1) is 9.90. The summed E-state index contributed by atoms with van der Waals surface area (Å²) >= 11 is 7.27. The summed E-state index contributed by atoms with van der Waals surface area (Å²) < 4.78 is 28.7. The van der Waals surface area contributed by atoms with E-state index in [0.717, 1.165) is 17.5 Å². The third-order valence-corrected chi connectivity index (χ3v) is 7.98. The summed E-state index contributed by atoms with van der Waals surface area (Å²) in [6, 6.07) is 4.98. The SMILES string of the molecule is O=c1c2ccc(Cl)cc2sn1CC1CC2(CC2)S(=O)(=O)N1. The summed E-state index contributed by atoms with van der Waals surface area (Å²) in [4.78, 5) is 12.3. The van der Waals surface area contributed by atoms with Crippen molar-refractivity contribution in [2.45, 2.75) is 36.6 Å². The van der Waals surface area contributed by atoms with Gasteiger partial charge in [0, 0.05) is 11.1 Å². The van der Waals surface area contributed by atoms with Gasteiger partial charge in [-0.25, -0.2) is 13.1 Å². The van der Waals surface area contributed by atoms with Crippen LogP contribution >= 0.6 is 23.1 Å². The molecule has 5 nitrogen and oxygen atoms in total. The fraction of sp³-hybridized carbons (Fsp3) is 0.462. The van der Waals surface area contributed by atoms with Gasteiger partial charge in [-0.05, 0) is 37.5 Å². The van der Waals surface area contributed by atoms with Crippen LogP contribution in [0.5, 0.6) is 0 Å². The molecule has 112 valence electrons. The van der Waals surface area contributed by atoms with E-state index in [2.05, 4.69) is 4.72 Å². The second kappa shape index (κ2) is 4.32. The summed E-state index contributed by atoms with van der Waals surface area (Å²) in [7, 11) is -3.21. The Kier molecular flexibility index (Phi) is 2.83. The van der Waals surface area contributed by atoms with Crippen LogP contribution in [0.4, 0.5) is 0 Å². The average Bonchev–Trinajstić information content (AvgIpc) is 3.06. The highest BCUT2D eigenvalue weighted by Crippen LogP contribution is 2.50. The summed E-state index contributed by atoms with van der Waals surface area (Å²) in [6.45, 7) is 0.386. The van der Waals surface area contributed by atoms with Gasteiger partial charge in [-0.15, -0.1) is 0 Å². The lowest BCUT2D eigenvalue weighted by atomic mass is 10.1. The molecule has 1 spiro atoms. The van der Waals surface area contributed by atoms with Gasteiger partial charge in [0.15, 0.2) is 0 Å². The van der Waals surface area contributed by atoms with Crippen molar-refractivity contribution in [1.82, 2.24) is 8.68 Å². The van der Waals surface area contributed by atoms with Crippen molar-refractivity contribution in [2.75, 3.05) is 0 Å². The molecule has 1 atom stereocenters. The minimum atomic E-state index is -3.21. The van der Waals surface area contributed by atoms with Crippen molar-refractivity contribution in [3.63, 3.8) is 0 Å². The number of sulfonamides is 1. The van der Waals surface area contributed by atoms with Crippen molar-refractivity contribution >= 4 is 43.2 Å². The fourth-order valence-corrected chi connectivity index (χ4v) is 6.27. The first-order valence-corrected chi connectivity index (χ1v) is 9.35. The fourth-order valence-electron chi connectivity index (χ4n) is 3.02. The van der Waals surface area contributed by atoms with Gasteiger partial charge < -0.3 is 0 Å². The number of nitrogens with one attached hydrogen (secondary N) is 1. The number of nitrogens with zero attached hydrogens (tertiary/aromatic N) is 1. The topological polar surface area (TPSA) is 68.2 Å². The van der Waals surface area contributed by atoms with Crippen LogP contribution in [-0.2, 0) is 16.6 Å². The normalized spacial score (nSPS) is 25.7. The Morgan fingerprint density at radius 3 is 2.86 bits per heavy atom. The molecule has 2 fully saturated rings. The molecule has 0 radical (unpaired) electrons. The maximum Gasteiger partial charge on any atom is 0.268 e. The summed E-state index contributed by atoms with van der Waals surface area (Å²) in [5.41, 5.74) is -0.0809. The number of halogens is 1. The lowest BCUT2D eigenvalue weighted by Gasteiger charge is -2.07. The lowest BCUT2D eigenvalue weighted by Crippen LogP contribution is -2.32. The first-order valence-electron chi connectivity index (χ1n) is 6.72. The number of benzene rings is 1. The molecule has 1 aliphatic heterocycles. The van der Waals surface area contributed by atoms with Crippen molar-refractivity contribution in [3.05, 3.63) is 33.6 Å². The number of fused-ring (bicyclic) bond motifs is 1. The van der Waals surface area contributed by atoms with Gasteiger partial charge in [-0.3, -0.25) is 8.75 Å². The van der Waals surface area contributed by atoms with Crippen LogP contribution in [0.25, 0.3) is 10.1 Å². The Bertz CT molecular complexity index is 896. The molecule has 2 aliphatic rings. The van der Waals surface area contributed by atoms with E-state index in [4.69, 9.17) is 11.6 Å². The predicted octanol–water partition coefficient (Wildman–Crippen LogP) is 1.94. The molecule has 1 saturated carbocycles. The Morgan fingerprint density at radius 1 is 1.43 bits per heavy atom. The molecule has 0 bridgehead atoms. The van der Waals surface area contributed by atoms with Gasteiger partial charge in [-0.2, -0.15) is 0 Å². The Balaban J connectivity index is 1.67. The molecular weight excluding hydrogens is 332 g/mol. The lowest BCUT2D eigenvalue weighted by molar-refractivity contribution is 0.522. The Hall–Kier alpha value is -0.890. The van der Waals surface area contributed by atoms with Crippen LogP contribution in [0, 0.1) is 0 Å². The maximum absolute atomic E-state index is 12.3. The average molecular weight is 345 g/mol. The molecular formula is C13H13ClN2O3S2. The summed E-state index contributed by atoms with van der Waals surface area (Å²) in [5, 5.41) is 1.22. The molecule has 2 heterocycles. The number of aromatic nitrogens is 1. The van der Waals surface area contributed by atoms with Gasteiger partial charge in [-0.1, -0.05) is 23.1 Å². The van der Waals surface area contributed by atoms with Crippen LogP contribution in [0.1, 0.15) is 19.3 Å². The minimum Gasteiger partial charge on any atom is -0.268 e. The van der Waals surface area contributed by atoms with Gasteiger partial charge >= 0.3 is 0 Å². The van der Waals surface area contributed by atoms with Crippen LogP contribution in [0.15, 0.2) is 23.0 Å². The summed E-state index contributed by atoms with van der Waals surface area (Å²) in [5.74, 6) is 0. The molecule has 1 aromatic carbocycles. The van der Waals surface area contributed by atoms with E-state index in [1.165, 1.54) is 11.5 Å². The van der Waals surface area contributed by atoms with Gasteiger partial charge in [0.2, 0.25) is 10.0 Å². The largest absolute Gasteiger partial charge is 0.268 e. The van der Waals surface area contributed by atoms with Gasteiger partial charge in [0.25, 0.3) is 5.56 Å². The quantitative estimate of drug-likeness (QED) is 0.905. The third-order valence-electron chi connectivity index (χ3n) is 4.31. The van der Waals surface area contributed by atoms with E-state index in [9.17, 15) is 13.2 Å². The Morgan fingerprint density at radius 2 is 2.19 bits per heavy atom. The first kappa shape index (κ1) is 13.8. The van der Waals surface area contributed by atoms with E-state index in [1.807, 2.05) is 0 Å². The zero-order valence-electron chi connectivity index (χ0n) is 11.0. The van der Waals surface area contributed by atoms with Crippen molar-refractivity contribution < 1.29 is 8.42 Å². The van der Waals surface area contributed by atoms with Crippen molar-refractivity contribution in [1.29, 1.82) is 0 Å². The standard InChI is InChI=1S/C13H13ClN2O3S2/c14-8-1-2-10-11(5-8)20-16(12(10)17)7-9-6-13(3-4-13)21(18,19)15-9/h1-2,5,9,15H,3-4,6-7H2. The van der Waals surface area contributed by atoms with Gasteiger partial charge in [0.05, 0.1) is 21.4 Å². The van der Waals surface area contributed by atoms with Gasteiger partial charge in [0.1, 0.15) is 0 Å². The minimum absolute atomic E-state index is 0.0809. The molecule has 1 unspecified atom stereocenters. The van der Waals surface area contributed by atoms with Crippen LogP contribution in [0.3, 0.4) is 0 Å². The molecule has 1 N–H and O–H groups in total. The number of rotatable bonds is 2. The highest BCUT2D eigenvalue weighted by atomic mass is 35.5. The molecule has 8 heteroatoms. The highest BCUT2D eigenvalue weighted by molar-refractivity contribution is 7.91. The molecule has 4 rings (SSSR count). The smallest absolute Gasteiger partial charge is 0.268 e. The number of hydrogen-bond donors (Lipinski definition) is 1. The molecule has 21 heavy (non-hydrogen) atoms. The second-order valence-electron chi connectivity index (χ2n) is 5.80. The van der Waals surface area contributed by atoms with Crippen LogP contribution < -0.4 is 10.3 Å². The van der Waals surface area contributed by atoms with E-state index in [0.29, 0.717) is 23.4 Å². The summed E-state index contributed by atoms with van der Waals surface area (Å²) in [6.07, 6.45) is 2.06. The van der Waals surface area contributed by atoms with E-state index in [1.54, 1.807) is 22.2 Å². The molecule has 1 aromatic heterocycles. The van der Waals surface area contributed by atoms with Crippen molar-refractivity contribution in [3.8, 4) is 0 Å². The van der Waals surface area contributed by atoms with Crippen molar-refractivity contribution in [2.24, 2.45) is 0 Å². The predicted molar refractivity (Wildman–Crippen MR) is 83.5 cm³/mol. The highest BCUT2D eigenvalue weighted by Gasteiger charge is 2.60. The molecule has 0 amide bonds. The zero-order chi connectivity index (χ0) is 14.8. The maximum atomic E-state index is 12.3. The zero-order valence-corrected chi connectivity index (χ0v) is 13.4. The van der Waals surface area contributed by atoms with E-state index < -0.39 is 14.8 Å². The Labute approximate surface area is 130 Å². The monoisotopic (exact) mass is 344 g/mol. The second-order valence-corrected chi connectivity index (χ2v) is 9.41. The van der Waals surface area contributed by atoms with E-state index >= 15 is 0 Å². The van der Waals surface area contributed by atoms with Crippen LogP contribution in [0.2, 0.25) is 5.02 Å². The molecule has 2 aromatic rings. The van der Waals surface area contributed by atoms with E-state index in [-0.39, 0.29) is 11.6 Å². The number of hydrogen-bond acceptors (Lipinski definition) is 4. The third kappa shape index (κ3) is 2.06. The molecule has 1 saturated heterocycles. The molecule has 1 aliphatic carbocycles. The van der Waals surface area contributed by atoms with Crippen LogP contribution in [-0.4, -0.2) is 23.2 Å².